The first kappa shape index (κ1) is 20.4. The first-order chi connectivity index (χ1) is 12.0. The lowest BCUT2D eigenvalue weighted by Crippen LogP contribution is -2.37. The molecular formula is C19H27ClN4O2. The van der Waals surface area contributed by atoms with Crippen molar-refractivity contribution in [1.29, 1.82) is 0 Å². The van der Waals surface area contributed by atoms with Gasteiger partial charge in [-0.15, -0.1) is 12.4 Å². The Hall–Kier alpha value is -1.92. The zero-order valence-electron chi connectivity index (χ0n) is 15.3. The number of para-hydroxylation sites is 1. The summed E-state index contributed by atoms with van der Waals surface area (Å²) in [5.74, 6) is 1.25. The fourth-order valence-corrected chi connectivity index (χ4v) is 3.36. The van der Waals surface area contributed by atoms with Crippen molar-refractivity contribution in [2.75, 3.05) is 13.1 Å². The molecule has 1 saturated heterocycles. The van der Waals surface area contributed by atoms with Gasteiger partial charge < -0.3 is 15.2 Å². The number of amides is 1. The molecule has 0 spiro atoms. The summed E-state index contributed by atoms with van der Waals surface area (Å²) in [5, 5.41) is 3.91. The Bertz CT molecular complexity index is 799. The number of rotatable bonds is 6. The van der Waals surface area contributed by atoms with E-state index in [0.29, 0.717) is 35.6 Å². The predicted octanol–water partition coefficient (Wildman–Crippen LogP) is 2.47. The molecule has 1 aromatic carbocycles. The first-order valence-electron chi connectivity index (χ1n) is 9.02. The van der Waals surface area contributed by atoms with Crippen LogP contribution < -0.4 is 10.9 Å². The Morgan fingerprint density at radius 1 is 1.35 bits per heavy atom. The Labute approximate surface area is 159 Å². The van der Waals surface area contributed by atoms with Crippen LogP contribution in [0.3, 0.4) is 0 Å². The van der Waals surface area contributed by atoms with Gasteiger partial charge in [-0.2, -0.15) is 0 Å². The van der Waals surface area contributed by atoms with Crippen LogP contribution in [0.15, 0.2) is 29.1 Å². The van der Waals surface area contributed by atoms with Crippen molar-refractivity contribution in [3.05, 3.63) is 40.4 Å². The fraction of sp³-hybridized carbons (Fsp3) is 0.526. The van der Waals surface area contributed by atoms with Crippen LogP contribution in [0.1, 0.15) is 38.9 Å². The maximum absolute atomic E-state index is 12.7. The van der Waals surface area contributed by atoms with Crippen molar-refractivity contribution in [2.24, 2.45) is 5.92 Å². The maximum Gasteiger partial charge on any atom is 0.258 e. The molecule has 2 N–H and O–H groups in total. The Morgan fingerprint density at radius 3 is 2.81 bits per heavy atom. The average molecular weight is 379 g/mol. The number of hydrogen-bond acceptors (Lipinski definition) is 4. The average Bonchev–Trinajstić information content (AvgIpc) is 3.11. The van der Waals surface area contributed by atoms with Crippen LogP contribution in [0.4, 0.5) is 0 Å². The number of aromatic nitrogens is 2. The normalized spacial score (nSPS) is 16.7. The standard InChI is InChI=1S/C19H26N4O2.ClH/c1-13(2)23(18(24)8-7-14-9-10-20-11-14)12-17-21-16-6-4-3-5-15(16)19(25)22-17;/h3-6,13-14,20H,7-12H2,1-2H3,(H,21,22,25);1H. The second-order valence-electron chi connectivity index (χ2n) is 7.04. The summed E-state index contributed by atoms with van der Waals surface area (Å²) in [5.41, 5.74) is 0.503. The van der Waals surface area contributed by atoms with E-state index in [0.717, 1.165) is 25.9 Å². The number of benzene rings is 1. The van der Waals surface area contributed by atoms with Crippen LogP contribution in [-0.2, 0) is 11.3 Å². The summed E-state index contributed by atoms with van der Waals surface area (Å²) < 4.78 is 0. The van der Waals surface area contributed by atoms with Gasteiger partial charge in [-0.25, -0.2) is 4.98 Å². The van der Waals surface area contributed by atoms with Crippen LogP contribution >= 0.6 is 12.4 Å². The van der Waals surface area contributed by atoms with Gasteiger partial charge in [0.1, 0.15) is 5.82 Å². The molecule has 0 bridgehead atoms. The van der Waals surface area contributed by atoms with Crippen molar-refractivity contribution in [3.8, 4) is 0 Å². The van der Waals surface area contributed by atoms with Gasteiger partial charge in [-0.3, -0.25) is 9.59 Å². The third-order valence-corrected chi connectivity index (χ3v) is 4.85. The molecule has 1 amide bonds. The largest absolute Gasteiger partial charge is 0.333 e. The quantitative estimate of drug-likeness (QED) is 0.809. The van der Waals surface area contributed by atoms with E-state index in [9.17, 15) is 9.59 Å². The van der Waals surface area contributed by atoms with Gasteiger partial charge in [0.25, 0.3) is 5.56 Å². The maximum atomic E-state index is 12.7. The Morgan fingerprint density at radius 2 is 2.12 bits per heavy atom. The highest BCUT2D eigenvalue weighted by Gasteiger charge is 2.21. The van der Waals surface area contributed by atoms with Crippen LogP contribution in [0, 0.1) is 5.92 Å². The zero-order chi connectivity index (χ0) is 17.8. The van der Waals surface area contributed by atoms with Crippen molar-refractivity contribution in [1.82, 2.24) is 20.2 Å². The monoisotopic (exact) mass is 378 g/mol. The predicted molar refractivity (Wildman–Crippen MR) is 106 cm³/mol. The lowest BCUT2D eigenvalue weighted by Gasteiger charge is -2.27. The summed E-state index contributed by atoms with van der Waals surface area (Å²) in [6.07, 6.45) is 2.60. The number of hydrogen-bond donors (Lipinski definition) is 2. The molecule has 1 unspecified atom stereocenters. The molecule has 26 heavy (non-hydrogen) atoms. The second-order valence-corrected chi connectivity index (χ2v) is 7.04. The summed E-state index contributed by atoms with van der Waals surface area (Å²) >= 11 is 0. The summed E-state index contributed by atoms with van der Waals surface area (Å²) in [6.45, 7) is 6.38. The van der Waals surface area contributed by atoms with E-state index in [1.807, 2.05) is 32.0 Å². The fourth-order valence-electron chi connectivity index (χ4n) is 3.36. The van der Waals surface area contributed by atoms with Gasteiger partial charge in [-0.05, 0) is 57.8 Å². The van der Waals surface area contributed by atoms with Gasteiger partial charge in [0.15, 0.2) is 0 Å². The molecule has 2 aromatic rings. The van der Waals surface area contributed by atoms with E-state index in [2.05, 4.69) is 15.3 Å². The summed E-state index contributed by atoms with van der Waals surface area (Å²) in [4.78, 5) is 34.0. The molecular weight excluding hydrogens is 352 g/mol. The van der Waals surface area contributed by atoms with Crippen molar-refractivity contribution in [2.45, 2.75) is 45.7 Å². The van der Waals surface area contributed by atoms with E-state index in [4.69, 9.17) is 0 Å². The molecule has 3 rings (SSSR count). The number of halogens is 1. The van der Waals surface area contributed by atoms with Crippen molar-refractivity contribution < 1.29 is 4.79 Å². The molecule has 0 saturated carbocycles. The number of carbonyl (C=O) groups excluding carboxylic acids is 1. The lowest BCUT2D eigenvalue weighted by molar-refractivity contribution is -0.134. The van der Waals surface area contributed by atoms with Gasteiger partial charge in [0.2, 0.25) is 5.91 Å². The summed E-state index contributed by atoms with van der Waals surface area (Å²) in [6, 6.07) is 7.32. The molecule has 6 nitrogen and oxygen atoms in total. The number of fused-ring (bicyclic) bond motifs is 1. The van der Waals surface area contributed by atoms with Crippen molar-refractivity contribution >= 4 is 29.2 Å². The minimum Gasteiger partial charge on any atom is -0.333 e. The third-order valence-electron chi connectivity index (χ3n) is 4.85. The van der Waals surface area contributed by atoms with E-state index in [-0.39, 0.29) is 29.9 Å². The SMILES string of the molecule is CC(C)N(Cc1nc2ccccc2c(=O)[nH]1)C(=O)CCC1CCNC1.Cl. The van der Waals surface area contributed by atoms with Gasteiger partial charge in [-0.1, -0.05) is 12.1 Å². The molecule has 2 heterocycles. The van der Waals surface area contributed by atoms with Gasteiger partial charge >= 0.3 is 0 Å². The number of carbonyl (C=O) groups is 1. The first-order valence-corrected chi connectivity index (χ1v) is 9.02. The number of aromatic amines is 1. The summed E-state index contributed by atoms with van der Waals surface area (Å²) in [7, 11) is 0. The van der Waals surface area contributed by atoms with E-state index in [1.165, 1.54) is 0 Å². The van der Waals surface area contributed by atoms with E-state index in [1.54, 1.807) is 11.0 Å². The Balaban J connectivity index is 0.00000243. The van der Waals surface area contributed by atoms with Crippen LogP contribution in [0.5, 0.6) is 0 Å². The molecule has 7 heteroatoms. The highest BCUT2D eigenvalue weighted by Crippen LogP contribution is 2.17. The third kappa shape index (κ3) is 4.83. The molecule has 1 fully saturated rings. The molecule has 1 aromatic heterocycles. The number of nitrogens with zero attached hydrogens (tertiary/aromatic N) is 2. The minimum absolute atomic E-state index is 0. The molecule has 142 valence electrons. The number of nitrogens with one attached hydrogen (secondary N) is 2. The second kappa shape index (κ2) is 9.14. The molecule has 1 atom stereocenters. The molecule has 1 aliphatic heterocycles. The van der Waals surface area contributed by atoms with Crippen molar-refractivity contribution in [3.63, 3.8) is 0 Å². The van der Waals surface area contributed by atoms with Crippen LogP contribution in [0.25, 0.3) is 10.9 Å². The van der Waals surface area contributed by atoms with Gasteiger partial charge in [0.05, 0.1) is 17.4 Å². The molecule has 1 aliphatic rings. The minimum atomic E-state index is -0.159. The van der Waals surface area contributed by atoms with Crippen LogP contribution in [-0.4, -0.2) is 39.9 Å². The Kier molecular flexibility index (Phi) is 7.17. The molecule has 0 aliphatic carbocycles. The van der Waals surface area contributed by atoms with Crippen LogP contribution in [0.2, 0.25) is 0 Å². The van der Waals surface area contributed by atoms with Gasteiger partial charge in [0, 0.05) is 12.5 Å². The van der Waals surface area contributed by atoms with E-state index >= 15 is 0 Å². The lowest BCUT2D eigenvalue weighted by atomic mass is 10.0. The highest BCUT2D eigenvalue weighted by molar-refractivity contribution is 5.85. The molecule has 0 radical (unpaired) electrons. The smallest absolute Gasteiger partial charge is 0.258 e. The van der Waals surface area contributed by atoms with E-state index < -0.39 is 0 Å². The zero-order valence-corrected chi connectivity index (χ0v) is 16.1. The number of H-pyrrole nitrogens is 1. The highest BCUT2D eigenvalue weighted by atomic mass is 35.5. The topological polar surface area (TPSA) is 78.1 Å².